The summed E-state index contributed by atoms with van der Waals surface area (Å²) in [5.74, 6) is -0.134. The lowest BCUT2D eigenvalue weighted by molar-refractivity contribution is -0.132. The third-order valence-electron chi connectivity index (χ3n) is 4.32. The van der Waals surface area contributed by atoms with Crippen LogP contribution in [0.4, 0.5) is 0 Å². The maximum Gasteiger partial charge on any atom is 0.140 e. The summed E-state index contributed by atoms with van der Waals surface area (Å²) in [5.41, 5.74) is 0.953. The van der Waals surface area contributed by atoms with Gasteiger partial charge in [0.05, 0.1) is 5.92 Å². The molecular weight excluding hydrogens is 264 g/mol. The fourth-order valence-electron chi connectivity index (χ4n) is 3.46. The van der Waals surface area contributed by atoms with Crippen molar-refractivity contribution >= 4 is 11.6 Å². The first-order valence-electron chi connectivity index (χ1n) is 7.21. The lowest BCUT2D eigenvalue weighted by Gasteiger charge is -2.40. The molecule has 0 N–H and O–H groups in total. The van der Waals surface area contributed by atoms with E-state index in [4.69, 9.17) is 4.74 Å². The molecule has 1 aliphatic heterocycles. The second kappa shape index (κ2) is 5.32. The number of fused-ring (bicyclic) bond motifs is 2. The molecular formula is C18H18O3. The molecule has 108 valence electrons. The zero-order valence-electron chi connectivity index (χ0n) is 12.2. The summed E-state index contributed by atoms with van der Waals surface area (Å²) >= 11 is 0. The van der Waals surface area contributed by atoms with Crippen molar-refractivity contribution in [3.05, 3.63) is 54.1 Å². The van der Waals surface area contributed by atoms with Crippen molar-refractivity contribution < 1.29 is 14.3 Å². The molecule has 0 radical (unpaired) electrons. The van der Waals surface area contributed by atoms with Crippen LogP contribution >= 0.6 is 0 Å². The van der Waals surface area contributed by atoms with E-state index >= 15 is 0 Å². The minimum Gasteiger partial charge on any atom is -0.485 e. The van der Waals surface area contributed by atoms with E-state index in [0.29, 0.717) is 0 Å². The maximum absolute atomic E-state index is 12.1. The Labute approximate surface area is 124 Å². The van der Waals surface area contributed by atoms with Gasteiger partial charge >= 0.3 is 0 Å². The summed E-state index contributed by atoms with van der Waals surface area (Å²) < 4.78 is 6.02. The number of hydrogen-bond donors (Lipinski definition) is 0. The van der Waals surface area contributed by atoms with Crippen LogP contribution in [0.3, 0.4) is 0 Å². The molecule has 0 amide bonds. The Balaban J connectivity index is 2.14. The zero-order chi connectivity index (χ0) is 15.0. The van der Waals surface area contributed by atoms with Gasteiger partial charge in [0.25, 0.3) is 0 Å². The number of ether oxygens (including phenoxy) is 1. The van der Waals surface area contributed by atoms with Crippen LogP contribution in [-0.4, -0.2) is 17.7 Å². The van der Waals surface area contributed by atoms with Crippen molar-refractivity contribution in [3.63, 3.8) is 0 Å². The van der Waals surface area contributed by atoms with E-state index in [0.717, 1.165) is 11.3 Å². The van der Waals surface area contributed by atoms with E-state index in [1.807, 2.05) is 48.6 Å². The molecule has 2 aliphatic rings. The summed E-state index contributed by atoms with van der Waals surface area (Å²) in [4.78, 5) is 24.1. The SMILES string of the molecule is CC(=O)C(C(C)=O)[C@@H]1c2ccccc2O[C@H]2C=CC=C[C@H]21. The first kappa shape index (κ1) is 13.8. The normalized spacial score (nSPS) is 26.0. The molecule has 0 saturated heterocycles. The second-order valence-corrected chi connectivity index (χ2v) is 5.69. The van der Waals surface area contributed by atoms with Crippen LogP contribution in [0.15, 0.2) is 48.6 Å². The van der Waals surface area contributed by atoms with Gasteiger partial charge in [0.15, 0.2) is 0 Å². The zero-order valence-corrected chi connectivity index (χ0v) is 12.2. The van der Waals surface area contributed by atoms with Crippen LogP contribution in [-0.2, 0) is 9.59 Å². The molecule has 3 heteroatoms. The van der Waals surface area contributed by atoms with Crippen molar-refractivity contribution in [3.8, 4) is 5.75 Å². The predicted octanol–water partition coefficient (Wildman–Crippen LogP) is 3.07. The quantitative estimate of drug-likeness (QED) is 0.800. The lowest BCUT2D eigenvalue weighted by atomic mass is 9.69. The number of para-hydroxylation sites is 1. The molecule has 1 aromatic rings. The smallest absolute Gasteiger partial charge is 0.140 e. The van der Waals surface area contributed by atoms with Crippen molar-refractivity contribution in [2.24, 2.45) is 11.8 Å². The van der Waals surface area contributed by atoms with Crippen LogP contribution in [0, 0.1) is 11.8 Å². The summed E-state index contributed by atoms with van der Waals surface area (Å²) in [5, 5.41) is 0. The van der Waals surface area contributed by atoms with E-state index < -0.39 is 5.92 Å². The highest BCUT2D eigenvalue weighted by Gasteiger charge is 2.43. The number of benzene rings is 1. The van der Waals surface area contributed by atoms with Crippen molar-refractivity contribution in [1.29, 1.82) is 0 Å². The Bertz CT molecular complexity index is 628. The Morgan fingerprint density at radius 1 is 1.05 bits per heavy atom. The topological polar surface area (TPSA) is 43.4 Å². The molecule has 0 fully saturated rings. The largest absolute Gasteiger partial charge is 0.485 e. The molecule has 1 aromatic carbocycles. The van der Waals surface area contributed by atoms with Crippen LogP contribution in [0.5, 0.6) is 5.75 Å². The van der Waals surface area contributed by atoms with Crippen LogP contribution in [0.1, 0.15) is 25.3 Å². The van der Waals surface area contributed by atoms with Gasteiger partial charge in [0, 0.05) is 11.8 Å². The Hall–Kier alpha value is -2.16. The van der Waals surface area contributed by atoms with Crippen LogP contribution in [0.25, 0.3) is 0 Å². The number of rotatable bonds is 3. The van der Waals surface area contributed by atoms with Gasteiger partial charge in [-0.05, 0) is 31.6 Å². The van der Waals surface area contributed by atoms with Gasteiger partial charge in [-0.1, -0.05) is 36.4 Å². The highest BCUT2D eigenvalue weighted by atomic mass is 16.5. The number of allylic oxidation sites excluding steroid dienone is 2. The number of carbonyl (C=O) groups excluding carboxylic acids is 2. The molecule has 0 spiro atoms. The molecule has 21 heavy (non-hydrogen) atoms. The minimum atomic E-state index is -0.612. The molecule has 0 bridgehead atoms. The summed E-state index contributed by atoms with van der Waals surface area (Å²) in [6.07, 6.45) is 7.83. The first-order valence-corrected chi connectivity index (χ1v) is 7.21. The summed E-state index contributed by atoms with van der Waals surface area (Å²) in [6.45, 7) is 3.00. The van der Waals surface area contributed by atoms with E-state index in [1.54, 1.807) is 0 Å². The minimum absolute atomic E-state index is 0.0164. The van der Waals surface area contributed by atoms with Gasteiger partial charge in [-0.3, -0.25) is 9.59 Å². The third kappa shape index (κ3) is 2.33. The van der Waals surface area contributed by atoms with Gasteiger partial charge in [0.1, 0.15) is 23.4 Å². The van der Waals surface area contributed by atoms with Crippen molar-refractivity contribution in [1.82, 2.24) is 0 Å². The van der Waals surface area contributed by atoms with Gasteiger partial charge in [-0.2, -0.15) is 0 Å². The monoisotopic (exact) mass is 282 g/mol. The molecule has 0 saturated carbocycles. The fourth-order valence-corrected chi connectivity index (χ4v) is 3.46. The number of ketones is 2. The Kier molecular flexibility index (Phi) is 3.50. The number of Topliss-reactive ketones (excluding diaryl/α,β-unsaturated/α-hetero) is 2. The highest BCUT2D eigenvalue weighted by molar-refractivity contribution is 6.01. The highest BCUT2D eigenvalue weighted by Crippen LogP contribution is 2.46. The van der Waals surface area contributed by atoms with Crippen molar-refractivity contribution in [2.75, 3.05) is 0 Å². The van der Waals surface area contributed by atoms with Gasteiger partial charge in [-0.15, -0.1) is 0 Å². The van der Waals surface area contributed by atoms with E-state index in [-0.39, 0.29) is 29.5 Å². The Morgan fingerprint density at radius 2 is 1.71 bits per heavy atom. The van der Waals surface area contributed by atoms with Gasteiger partial charge < -0.3 is 4.74 Å². The average molecular weight is 282 g/mol. The van der Waals surface area contributed by atoms with Crippen molar-refractivity contribution in [2.45, 2.75) is 25.9 Å². The number of hydrogen-bond acceptors (Lipinski definition) is 3. The van der Waals surface area contributed by atoms with Gasteiger partial charge in [0.2, 0.25) is 0 Å². The maximum atomic E-state index is 12.1. The van der Waals surface area contributed by atoms with Crippen LogP contribution in [0.2, 0.25) is 0 Å². The first-order chi connectivity index (χ1) is 10.1. The van der Waals surface area contributed by atoms with E-state index in [1.165, 1.54) is 13.8 Å². The lowest BCUT2D eigenvalue weighted by Crippen LogP contribution is -2.41. The molecule has 1 aliphatic carbocycles. The van der Waals surface area contributed by atoms with E-state index in [9.17, 15) is 9.59 Å². The molecule has 0 unspecified atom stereocenters. The van der Waals surface area contributed by atoms with Crippen LogP contribution < -0.4 is 4.74 Å². The van der Waals surface area contributed by atoms with E-state index in [2.05, 4.69) is 0 Å². The molecule has 3 rings (SSSR count). The predicted molar refractivity (Wildman–Crippen MR) is 80.2 cm³/mol. The average Bonchev–Trinajstić information content (AvgIpc) is 2.46. The third-order valence-corrected chi connectivity index (χ3v) is 4.32. The molecule has 3 nitrogen and oxygen atoms in total. The summed E-state index contributed by atoms with van der Waals surface area (Å²) in [7, 11) is 0. The Morgan fingerprint density at radius 3 is 2.43 bits per heavy atom. The summed E-state index contributed by atoms with van der Waals surface area (Å²) in [6, 6.07) is 7.70. The fraction of sp³-hybridized carbons (Fsp3) is 0.333. The standard InChI is InChI=1S/C18H18O3/c1-11(19)17(12(2)20)18-13-7-3-5-9-15(13)21-16-10-6-4-8-14(16)18/h3-10,13,15,17-18H,1-2H3/t13-,15+,18+/m1/s1. The molecule has 3 atom stereocenters. The second-order valence-electron chi connectivity index (χ2n) is 5.69. The number of carbonyl (C=O) groups is 2. The molecule has 0 aromatic heterocycles. The van der Waals surface area contributed by atoms with Gasteiger partial charge in [-0.25, -0.2) is 0 Å². The molecule has 1 heterocycles.